The fourth-order valence-corrected chi connectivity index (χ4v) is 3.43. The number of amides is 3. The van der Waals surface area contributed by atoms with Crippen LogP contribution in [0.25, 0.3) is 0 Å². The maximum atomic E-state index is 13.5. The van der Waals surface area contributed by atoms with Gasteiger partial charge in [-0.3, -0.25) is 9.59 Å². The minimum Gasteiger partial charge on any atom is -0.508 e. The van der Waals surface area contributed by atoms with Crippen molar-refractivity contribution in [2.24, 2.45) is 0 Å². The van der Waals surface area contributed by atoms with E-state index in [2.05, 4.69) is 23.3 Å². The molecule has 3 amide bonds. The van der Waals surface area contributed by atoms with Gasteiger partial charge in [-0.25, -0.2) is 4.79 Å². The van der Waals surface area contributed by atoms with Crippen LogP contribution in [0.15, 0.2) is 24.3 Å². The maximum absolute atomic E-state index is 13.5. The Morgan fingerprint density at radius 1 is 1.19 bits per heavy atom. The number of ether oxygens (including phenoxy) is 1. The van der Waals surface area contributed by atoms with Crippen molar-refractivity contribution in [3.8, 4) is 5.75 Å². The number of phenolic OH excluding ortho intramolecular Hbond substituents is 1. The average Bonchev–Trinajstić information content (AvgIpc) is 3.47. The Bertz CT molecular complexity index is 805. The first kappa shape index (κ1) is 24.8. The Morgan fingerprint density at radius 2 is 1.81 bits per heavy atom. The van der Waals surface area contributed by atoms with Gasteiger partial charge in [0.2, 0.25) is 11.8 Å². The Labute approximate surface area is 189 Å². The smallest absolute Gasteiger partial charge is 0.408 e. The Balaban J connectivity index is 2.38. The summed E-state index contributed by atoms with van der Waals surface area (Å²) in [6.45, 7) is 8.83. The van der Waals surface area contributed by atoms with E-state index in [1.165, 1.54) is 11.0 Å². The average molecular weight is 452 g/mol. The zero-order chi connectivity index (χ0) is 23.3. The van der Waals surface area contributed by atoms with E-state index in [9.17, 15) is 19.5 Å². The van der Waals surface area contributed by atoms with Crippen LogP contribution in [-0.2, 0) is 14.3 Å². The summed E-state index contributed by atoms with van der Waals surface area (Å²) in [5.74, 6) is -0.893. The van der Waals surface area contributed by atoms with Gasteiger partial charge in [0.15, 0.2) is 0 Å². The molecule has 1 aliphatic rings. The summed E-state index contributed by atoms with van der Waals surface area (Å²) in [5.41, 5.74) is -0.393. The molecule has 3 N–H and O–H groups in total. The van der Waals surface area contributed by atoms with Crippen LogP contribution in [0.3, 0.4) is 0 Å². The standard InChI is InChI=1S/C22H33N3O5S/c1-13(2)23-19(27)18(15-8-6-7-9-17(15)26)25(14-10-11-14)20(28)16(12-31)24-21(29)30-22(3,4)5/h6-9,13-14,16,18,26,31H,10-12H2,1-5H3,(H,23,27)(H,24,29). The molecule has 9 heteroatoms. The van der Waals surface area contributed by atoms with Crippen molar-refractivity contribution < 1.29 is 24.2 Å². The van der Waals surface area contributed by atoms with Gasteiger partial charge in [0.25, 0.3) is 0 Å². The number of hydrogen-bond donors (Lipinski definition) is 4. The van der Waals surface area contributed by atoms with Gasteiger partial charge in [-0.05, 0) is 53.5 Å². The molecule has 8 nitrogen and oxygen atoms in total. The lowest BCUT2D eigenvalue weighted by Gasteiger charge is -2.35. The third-order valence-electron chi connectivity index (χ3n) is 4.56. The number of carbonyl (C=O) groups is 3. The van der Waals surface area contributed by atoms with E-state index < -0.39 is 35.6 Å². The van der Waals surface area contributed by atoms with Crippen LogP contribution in [0.2, 0.25) is 0 Å². The molecule has 172 valence electrons. The number of thiol groups is 1. The van der Waals surface area contributed by atoms with Crippen molar-refractivity contribution in [2.75, 3.05) is 5.75 Å². The molecule has 1 aromatic rings. The summed E-state index contributed by atoms with van der Waals surface area (Å²) in [7, 11) is 0. The number of alkyl carbamates (subject to hydrolysis) is 1. The van der Waals surface area contributed by atoms with Crippen molar-refractivity contribution >= 4 is 30.5 Å². The fraction of sp³-hybridized carbons (Fsp3) is 0.591. The molecule has 0 bridgehead atoms. The van der Waals surface area contributed by atoms with Crippen molar-refractivity contribution in [2.45, 2.75) is 77.2 Å². The molecule has 1 aromatic carbocycles. The highest BCUT2D eigenvalue weighted by Crippen LogP contribution is 2.38. The van der Waals surface area contributed by atoms with Crippen molar-refractivity contribution in [1.29, 1.82) is 0 Å². The molecule has 2 atom stereocenters. The van der Waals surface area contributed by atoms with Crippen LogP contribution < -0.4 is 10.6 Å². The number of carbonyl (C=O) groups excluding carboxylic acids is 3. The number of phenols is 1. The normalized spacial score (nSPS) is 15.7. The number of nitrogens with one attached hydrogen (secondary N) is 2. The van der Waals surface area contributed by atoms with Crippen LogP contribution >= 0.6 is 12.6 Å². The molecular formula is C22H33N3O5S. The summed E-state index contributed by atoms with van der Waals surface area (Å²) in [4.78, 5) is 40.4. The Morgan fingerprint density at radius 3 is 2.29 bits per heavy atom. The van der Waals surface area contributed by atoms with Gasteiger partial charge >= 0.3 is 6.09 Å². The van der Waals surface area contributed by atoms with E-state index in [1.54, 1.807) is 39.0 Å². The summed E-state index contributed by atoms with van der Waals surface area (Å²) in [6.07, 6.45) is 0.730. The number of hydrogen-bond acceptors (Lipinski definition) is 6. The van der Waals surface area contributed by atoms with E-state index >= 15 is 0 Å². The lowest BCUT2D eigenvalue weighted by atomic mass is 10.0. The number of benzene rings is 1. The third-order valence-corrected chi connectivity index (χ3v) is 4.92. The molecule has 0 saturated heterocycles. The van der Waals surface area contributed by atoms with Crippen LogP contribution in [0.4, 0.5) is 4.79 Å². The molecular weight excluding hydrogens is 418 g/mol. The van der Waals surface area contributed by atoms with Gasteiger partial charge < -0.3 is 25.4 Å². The number of rotatable bonds is 8. The van der Waals surface area contributed by atoms with Gasteiger partial charge in [-0.1, -0.05) is 18.2 Å². The van der Waals surface area contributed by atoms with E-state index in [0.717, 1.165) is 12.8 Å². The molecule has 1 saturated carbocycles. The maximum Gasteiger partial charge on any atom is 0.408 e. The van der Waals surface area contributed by atoms with Crippen LogP contribution in [0.5, 0.6) is 5.75 Å². The first-order valence-electron chi connectivity index (χ1n) is 10.5. The summed E-state index contributed by atoms with van der Waals surface area (Å²) in [5, 5.41) is 15.8. The first-order valence-corrected chi connectivity index (χ1v) is 11.1. The highest BCUT2D eigenvalue weighted by Gasteiger charge is 2.44. The molecule has 1 aliphatic carbocycles. The summed E-state index contributed by atoms with van der Waals surface area (Å²) in [6, 6.07) is 4.12. The van der Waals surface area contributed by atoms with Crippen LogP contribution in [0, 0.1) is 0 Å². The highest BCUT2D eigenvalue weighted by atomic mass is 32.1. The van der Waals surface area contributed by atoms with E-state index in [1.807, 2.05) is 13.8 Å². The third kappa shape index (κ3) is 7.05. The Hall–Kier alpha value is -2.42. The van der Waals surface area contributed by atoms with E-state index in [0.29, 0.717) is 5.56 Å². The first-order chi connectivity index (χ1) is 14.4. The molecule has 2 unspecified atom stereocenters. The van der Waals surface area contributed by atoms with E-state index in [4.69, 9.17) is 4.74 Å². The topological polar surface area (TPSA) is 108 Å². The quantitative estimate of drug-likeness (QED) is 0.455. The predicted octanol–water partition coefficient (Wildman–Crippen LogP) is 2.77. The molecule has 0 heterocycles. The molecule has 0 aliphatic heterocycles. The molecule has 0 radical (unpaired) electrons. The van der Waals surface area contributed by atoms with Gasteiger partial charge in [-0.2, -0.15) is 12.6 Å². The van der Waals surface area contributed by atoms with Gasteiger partial charge in [0.1, 0.15) is 23.4 Å². The number of nitrogens with zero attached hydrogens (tertiary/aromatic N) is 1. The van der Waals surface area contributed by atoms with Gasteiger partial charge in [0, 0.05) is 23.4 Å². The monoisotopic (exact) mass is 451 g/mol. The number of aromatic hydroxyl groups is 1. The highest BCUT2D eigenvalue weighted by molar-refractivity contribution is 7.80. The largest absolute Gasteiger partial charge is 0.508 e. The minimum absolute atomic E-state index is 0.0284. The van der Waals surface area contributed by atoms with Gasteiger partial charge in [0.05, 0.1) is 0 Å². The summed E-state index contributed by atoms with van der Waals surface area (Å²) >= 11 is 4.24. The summed E-state index contributed by atoms with van der Waals surface area (Å²) < 4.78 is 5.27. The van der Waals surface area contributed by atoms with Gasteiger partial charge in [-0.15, -0.1) is 0 Å². The van der Waals surface area contributed by atoms with Crippen molar-refractivity contribution in [3.63, 3.8) is 0 Å². The minimum atomic E-state index is -1.04. The Kier molecular flexibility index (Phi) is 8.22. The van der Waals surface area contributed by atoms with E-state index in [-0.39, 0.29) is 23.6 Å². The zero-order valence-electron chi connectivity index (χ0n) is 18.7. The molecule has 2 rings (SSSR count). The van der Waals surface area contributed by atoms with Crippen molar-refractivity contribution in [3.05, 3.63) is 29.8 Å². The second kappa shape index (κ2) is 10.3. The second-order valence-corrected chi connectivity index (χ2v) is 9.35. The molecule has 1 fully saturated rings. The number of para-hydroxylation sites is 1. The second-order valence-electron chi connectivity index (χ2n) is 8.98. The predicted molar refractivity (Wildman–Crippen MR) is 121 cm³/mol. The zero-order valence-corrected chi connectivity index (χ0v) is 19.6. The molecule has 31 heavy (non-hydrogen) atoms. The molecule has 0 spiro atoms. The van der Waals surface area contributed by atoms with Crippen LogP contribution in [0.1, 0.15) is 59.1 Å². The lowest BCUT2D eigenvalue weighted by molar-refractivity contribution is -0.143. The fourth-order valence-electron chi connectivity index (χ4n) is 3.19. The SMILES string of the molecule is CC(C)NC(=O)C(c1ccccc1O)N(C(=O)C(CS)NC(=O)OC(C)(C)C)C1CC1. The lowest BCUT2D eigenvalue weighted by Crippen LogP contribution is -2.55. The van der Waals surface area contributed by atoms with Crippen molar-refractivity contribution in [1.82, 2.24) is 15.5 Å². The molecule has 0 aromatic heterocycles. The van der Waals surface area contributed by atoms with Crippen LogP contribution in [-0.4, -0.2) is 57.4 Å².